The molecule has 0 N–H and O–H groups in total. The first-order valence-electron chi connectivity index (χ1n) is 6.82. The third-order valence-corrected chi connectivity index (χ3v) is 4.79. The van der Waals surface area contributed by atoms with Crippen molar-refractivity contribution in [3.8, 4) is 0 Å². The predicted molar refractivity (Wildman–Crippen MR) is 80.1 cm³/mol. The van der Waals surface area contributed by atoms with Crippen LogP contribution in [0.25, 0.3) is 0 Å². The maximum Gasteiger partial charge on any atom is 0.371 e. The fraction of sp³-hybridized carbons (Fsp3) is 0.923. The molecule has 0 rings (SSSR count). The molecular weight excluding hydrogens is 303 g/mol. The monoisotopic (exact) mass is 328 g/mol. The number of carbonyl (C=O) groups excluding carboxylic acids is 1. The van der Waals surface area contributed by atoms with Gasteiger partial charge in [0.15, 0.2) is 0 Å². The molecule has 0 aliphatic heterocycles. The zero-order chi connectivity index (χ0) is 15.9. The second-order valence-electron chi connectivity index (χ2n) is 5.56. The van der Waals surface area contributed by atoms with E-state index in [9.17, 15) is 9.36 Å². The summed E-state index contributed by atoms with van der Waals surface area (Å²) in [7, 11) is -3.56. The van der Waals surface area contributed by atoms with Crippen LogP contribution in [0.5, 0.6) is 0 Å². The standard InChI is InChI=1S/C13H26ClO5P/c1-9(2)7-13(17-12(15)8-14)20(16,18-10(3)4)19-11(5)6/h9-11,13H,7-8H2,1-6H3/t13-/m0/s1. The summed E-state index contributed by atoms with van der Waals surface area (Å²) in [4.78, 5) is 11.4. The van der Waals surface area contributed by atoms with Gasteiger partial charge in [0.1, 0.15) is 5.88 Å². The summed E-state index contributed by atoms with van der Waals surface area (Å²) in [5.41, 5.74) is 0. The third kappa shape index (κ3) is 7.63. The third-order valence-electron chi connectivity index (χ3n) is 2.12. The first-order chi connectivity index (χ1) is 9.10. The van der Waals surface area contributed by atoms with Gasteiger partial charge in [-0.05, 0) is 40.0 Å². The number of halogens is 1. The molecule has 120 valence electrons. The van der Waals surface area contributed by atoms with Crippen LogP contribution in [0.4, 0.5) is 0 Å². The molecule has 0 saturated heterocycles. The summed E-state index contributed by atoms with van der Waals surface area (Å²) in [6.07, 6.45) is -0.216. The minimum atomic E-state index is -3.56. The molecule has 0 aromatic rings. The molecule has 1 atom stereocenters. The van der Waals surface area contributed by atoms with E-state index < -0.39 is 19.4 Å². The van der Waals surface area contributed by atoms with Crippen LogP contribution in [0.2, 0.25) is 0 Å². The van der Waals surface area contributed by atoms with Crippen molar-refractivity contribution < 1.29 is 23.1 Å². The molecule has 0 aromatic heterocycles. The highest BCUT2D eigenvalue weighted by Crippen LogP contribution is 2.57. The molecule has 0 radical (unpaired) electrons. The molecule has 0 spiro atoms. The van der Waals surface area contributed by atoms with Crippen molar-refractivity contribution in [2.45, 2.75) is 66.0 Å². The quantitative estimate of drug-likeness (QED) is 0.361. The lowest BCUT2D eigenvalue weighted by molar-refractivity contribution is -0.144. The van der Waals surface area contributed by atoms with E-state index in [0.717, 1.165) is 0 Å². The van der Waals surface area contributed by atoms with Gasteiger partial charge in [-0.25, -0.2) is 0 Å². The molecule has 0 amide bonds. The van der Waals surface area contributed by atoms with Gasteiger partial charge in [0, 0.05) is 0 Å². The highest BCUT2D eigenvalue weighted by Gasteiger charge is 2.41. The van der Waals surface area contributed by atoms with Crippen molar-refractivity contribution in [1.29, 1.82) is 0 Å². The van der Waals surface area contributed by atoms with Crippen molar-refractivity contribution in [2.24, 2.45) is 5.92 Å². The maximum atomic E-state index is 13.0. The molecule has 20 heavy (non-hydrogen) atoms. The Morgan fingerprint density at radius 3 is 1.80 bits per heavy atom. The fourth-order valence-electron chi connectivity index (χ4n) is 1.58. The number of esters is 1. The Hall–Kier alpha value is -0.0900. The van der Waals surface area contributed by atoms with Crippen LogP contribution in [-0.4, -0.2) is 29.9 Å². The van der Waals surface area contributed by atoms with Gasteiger partial charge in [-0.2, -0.15) is 0 Å². The molecule has 0 bridgehead atoms. The van der Waals surface area contributed by atoms with E-state index >= 15 is 0 Å². The summed E-state index contributed by atoms with van der Waals surface area (Å²) in [5, 5.41) is 0. The van der Waals surface area contributed by atoms with Gasteiger partial charge in [0.2, 0.25) is 5.85 Å². The minimum absolute atomic E-state index is 0.169. The zero-order valence-electron chi connectivity index (χ0n) is 13.1. The van der Waals surface area contributed by atoms with E-state index in [-0.39, 0.29) is 24.0 Å². The number of hydrogen-bond donors (Lipinski definition) is 0. The van der Waals surface area contributed by atoms with Gasteiger partial charge in [0.25, 0.3) is 0 Å². The lowest BCUT2D eigenvalue weighted by Gasteiger charge is -2.30. The van der Waals surface area contributed by atoms with E-state index in [0.29, 0.717) is 6.42 Å². The van der Waals surface area contributed by atoms with Crippen LogP contribution in [0.1, 0.15) is 48.0 Å². The zero-order valence-corrected chi connectivity index (χ0v) is 14.7. The molecular formula is C13H26ClO5P. The molecule has 5 nitrogen and oxygen atoms in total. The average molecular weight is 329 g/mol. The molecule has 0 aliphatic rings. The van der Waals surface area contributed by atoms with Crippen LogP contribution in [0.15, 0.2) is 0 Å². The Labute approximate surface area is 126 Å². The summed E-state index contributed by atoms with van der Waals surface area (Å²) in [6, 6.07) is 0. The number of carbonyl (C=O) groups is 1. The van der Waals surface area contributed by atoms with Gasteiger partial charge in [-0.1, -0.05) is 13.8 Å². The highest BCUT2D eigenvalue weighted by molar-refractivity contribution is 7.54. The predicted octanol–water partition coefficient (Wildman–Crippen LogP) is 4.18. The molecule has 0 heterocycles. The van der Waals surface area contributed by atoms with Gasteiger partial charge in [0.05, 0.1) is 12.2 Å². The van der Waals surface area contributed by atoms with Crippen molar-refractivity contribution in [2.75, 3.05) is 5.88 Å². The van der Waals surface area contributed by atoms with Crippen LogP contribution in [-0.2, 0) is 23.1 Å². The molecule has 0 saturated carbocycles. The summed E-state index contributed by atoms with van der Waals surface area (Å²) in [5.74, 6) is -1.68. The second-order valence-corrected chi connectivity index (χ2v) is 7.90. The Balaban J connectivity index is 5.25. The van der Waals surface area contributed by atoms with Crippen molar-refractivity contribution in [3.63, 3.8) is 0 Å². The van der Waals surface area contributed by atoms with Gasteiger partial charge < -0.3 is 13.8 Å². The summed E-state index contributed by atoms with van der Waals surface area (Å²) in [6.45, 7) is 10.9. The first-order valence-corrected chi connectivity index (χ1v) is 8.97. The van der Waals surface area contributed by atoms with Crippen LogP contribution < -0.4 is 0 Å². The van der Waals surface area contributed by atoms with Crippen molar-refractivity contribution >= 4 is 25.2 Å². The van der Waals surface area contributed by atoms with Crippen LogP contribution in [0.3, 0.4) is 0 Å². The largest absolute Gasteiger partial charge is 0.448 e. The normalized spacial score (nSPS) is 14.1. The SMILES string of the molecule is CC(C)C[C@@H](OC(=O)CCl)P(=O)(OC(C)C)OC(C)C. The molecule has 7 heteroatoms. The Bertz CT molecular complexity index is 330. The summed E-state index contributed by atoms with van der Waals surface area (Å²) >= 11 is 5.45. The Morgan fingerprint density at radius 1 is 1.05 bits per heavy atom. The lowest BCUT2D eigenvalue weighted by Crippen LogP contribution is -2.25. The summed E-state index contributed by atoms with van der Waals surface area (Å²) < 4.78 is 29.1. The van der Waals surface area contributed by atoms with E-state index in [1.54, 1.807) is 27.7 Å². The molecule has 0 aliphatic carbocycles. The Kier molecular flexibility index (Phi) is 8.99. The molecule has 0 aromatic carbocycles. The molecule has 0 unspecified atom stereocenters. The maximum absolute atomic E-state index is 13.0. The fourth-order valence-corrected chi connectivity index (χ4v) is 4.06. The van der Waals surface area contributed by atoms with Gasteiger partial charge >= 0.3 is 13.6 Å². The van der Waals surface area contributed by atoms with E-state index in [1.807, 2.05) is 13.8 Å². The minimum Gasteiger partial charge on any atom is -0.448 e. The lowest BCUT2D eigenvalue weighted by atomic mass is 10.1. The van der Waals surface area contributed by atoms with E-state index in [1.165, 1.54) is 0 Å². The first kappa shape index (κ1) is 19.9. The Morgan fingerprint density at radius 2 is 1.50 bits per heavy atom. The molecule has 0 fully saturated rings. The number of ether oxygens (including phenoxy) is 1. The van der Waals surface area contributed by atoms with Crippen molar-refractivity contribution in [3.05, 3.63) is 0 Å². The number of hydrogen-bond acceptors (Lipinski definition) is 5. The number of rotatable bonds is 9. The second kappa shape index (κ2) is 9.04. The average Bonchev–Trinajstić information content (AvgIpc) is 2.24. The van der Waals surface area contributed by atoms with E-state index in [2.05, 4.69) is 0 Å². The van der Waals surface area contributed by atoms with Gasteiger partial charge in [-0.15, -0.1) is 11.6 Å². The topological polar surface area (TPSA) is 61.8 Å². The number of alkyl halides is 1. The highest BCUT2D eigenvalue weighted by atomic mass is 35.5. The smallest absolute Gasteiger partial charge is 0.371 e. The van der Waals surface area contributed by atoms with Crippen LogP contribution >= 0.6 is 19.2 Å². The van der Waals surface area contributed by atoms with Crippen molar-refractivity contribution in [1.82, 2.24) is 0 Å². The van der Waals surface area contributed by atoms with E-state index in [4.69, 9.17) is 25.4 Å². The van der Waals surface area contributed by atoms with Gasteiger partial charge in [-0.3, -0.25) is 9.36 Å². The van der Waals surface area contributed by atoms with Crippen LogP contribution in [0, 0.1) is 5.92 Å².